The molecule has 31 heavy (non-hydrogen) atoms. The fraction of sp³-hybridized carbons (Fsp3) is 0.125. The molecule has 0 aromatic heterocycles. The van der Waals surface area contributed by atoms with E-state index in [1.807, 2.05) is 6.92 Å². The second kappa shape index (κ2) is 10.7. The van der Waals surface area contributed by atoms with Gasteiger partial charge in [0, 0.05) is 20.1 Å². The third kappa shape index (κ3) is 6.01. The molecule has 7 heteroatoms. The van der Waals surface area contributed by atoms with Crippen molar-refractivity contribution < 1.29 is 13.9 Å². The van der Waals surface area contributed by atoms with E-state index in [-0.39, 0.29) is 6.61 Å². The van der Waals surface area contributed by atoms with Crippen molar-refractivity contribution in [3.8, 4) is 17.6 Å². The number of halogens is 4. The van der Waals surface area contributed by atoms with Crippen molar-refractivity contribution in [3.05, 3.63) is 91.6 Å². The van der Waals surface area contributed by atoms with Crippen molar-refractivity contribution in [2.24, 2.45) is 0 Å². The number of nitrogens with zero attached hydrogens (tertiary/aromatic N) is 1. The first-order valence-corrected chi connectivity index (χ1v) is 10.9. The van der Waals surface area contributed by atoms with Crippen LogP contribution in [-0.2, 0) is 6.61 Å². The maximum Gasteiger partial charge on any atom is 0.162 e. The van der Waals surface area contributed by atoms with Crippen molar-refractivity contribution in [1.82, 2.24) is 0 Å². The standard InChI is InChI=1S/C24H17BrCl2FNO2/c1-2-30-23-10-17(8-18(13-29)15-4-3-5-20(28)9-15)21(25)12-24(23)31-14-16-6-7-19(26)11-22(16)27/h3-12H,2,14H2,1H3/b18-8-. The maximum absolute atomic E-state index is 13.6. The third-order valence-corrected chi connectivity index (χ3v) is 5.59. The average Bonchev–Trinajstić information content (AvgIpc) is 2.73. The van der Waals surface area contributed by atoms with E-state index in [1.165, 1.54) is 12.1 Å². The molecule has 0 heterocycles. The van der Waals surface area contributed by atoms with Crippen LogP contribution in [0.4, 0.5) is 4.39 Å². The predicted octanol–water partition coefficient (Wildman–Crippen LogP) is 7.94. The molecule has 0 N–H and O–H groups in total. The fourth-order valence-corrected chi connectivity index (χ4v) is 3.73. The molecular weight excluding hydrogens is 504 g/mol. The molecule has 3 aromatic rings. The molecule has 0 spiro atoms. The molecule has 158 valence electrons. The molecule has 0 saturated carbocycles. The van der Waals surface area contributed by atoms with Gasteiger partial charge in [-0.25, -0.2) is 4.39 Å². The van der Waals surface area contributed by atoms with E-state index in [4.69, 9.17) is 32.7 Å². The van der Waals surface area contributed by atoms with E-state index in [9.17, 15) is 9.65 Å². The molecule has 0 aliphatic carbocycles. The summed E-state index contributed by atoms with van der Waals surface area (Å²) in [4.78, 5) is 0. The number of hydrogen-bond donors (Lipinski definition) is 0. The Morgan fingerprint density at radius 2 is 1.87 bits per heavy atom. The van der Waals surface area contributed by atoms with Crippen LogP contribution < -0.4 is 9.47 Å². The number of benzene rings is 3. The summed E-state index contributed by atoms with van der Waals surface area (Å²) in [5.74, 6) is 0.622. The van der Waals surface area contributed by atoms with Crippen LogP contribution in [0.25, 0.3) is 11.6 Å². The van der Waals surface area contributed by atoms with E-state index in [2.05, 4.69) is 22.0 Å². The van der Waals surface area contributed by atoms with Crippen LogP contribution in [0.1, 0.15) is 23.6 Å². The summed E-state index contributed by atoms with van der Waals surface area (Å²) in [6.07, 6.45) is 1.67. The highest BCUT2D eigenvalue weighted by Crippen LogP contribution is 2.36. The van der Waals surface area contributed by atoms with Gasteiger partial charge in [0.2, 0.25) is 0 Å². The molecule has 3 rings (SSSR count). The highest BCUT2D eigenvalue weighted by molar-refractivity contribution is 9.10. The van der Waals surface area contributed by atoms with Crippen LogP contribution >= 0.6 is 39.1 Å². The lowest BCUT2D eigenvalue weighted by atomic mass is 10.0. The van der Waals surface area contributed by atoms with Crippen LogP contribution in [0.5, 0.6) is 11.5 Å². The molecular formula is C24H17BrCl2FNO2. The Balaban J connectivity index is 1.93. The van der Waals surface area contributed by atoms with Crippen molar-refractivity contribution in [2.45, 2.75) is 13.5 Å². The van der Waals surface area contributed by atoms with Crippen molar-refractivity contribution in [1.29, 1.82) is 5.26 Å². The van der Waals surface area contributed by atoms with Crippen molar-refractivity contribution in [3.63, 3.8) is 0 Å². The molecule has 0 fully saturated rings. The van der Waals surface area contributed by atoms with E-state index >= 15 is 0 Å². The Kier molecular flexibility index (Phi) is 7.97. The molecule has 0 atom stereocenters. The van der Waals surface area contributed by atoms with Gasteiger partial charge in [-0.3, -0.25) is 0 Å². The summed E-state index contributed by atoms with van der Waals surface area (Å²) >= 11 is 15.7. The average molecular weight is 521 g/mol. The van der Waals surface area contributed by atoms with Gasteiger partial charge < -0.3 is 9.47 Å². The maximum atomic E-state index is 13.6. The number of rotatable bonds is 7. The molecule has 0 unspecified atom stereocenters. The van der Waals surface area contributed by atoms with Crippen LogP contribution in [0.3, 0.4) is 0 Å². The SMILES string of the molecule is CCOc1cc(/C=C(/C#N)c2cccc(F)c2)c(Br)cc1OCc1ccc(Cl)cc1Cl. The molecule has 0 radical (unpaired) electrons. The van der Waals surface area contributed by atoms with Gasteiger partial charge in [0.25, 0.3) is 0 Å². The summed E-state index contributed by atoms with van der Waals surface area (Å²) in [6, 6.07) is 16.8. The number of nitriles is 1. The quantitative estimate of drug-likeness (QED) is 0.234. The van der Waals surface area contributed by atoms with E-state index < -0.39 is 5.82 Å². The summed E-state index contributed by atoms with van der Waals surface area (Å²) in [5, 5.41) is 10.6. The highest BCUT2D eigenvalue weighted by atomic mass is 79.9. The van der Waals surface area contributed by atoms with Gasteiger partial charge in [-0.1, -0.05) is 57.3 Å². The smallest absolute Gasteiger partial charge is 0.162 e. The van der Waals surface area contributed by atoms with Crippen LogP contribution in [-0.4, -0.2) is 6.61 Å². The van der Waals surface area contributed by atoms with Gasteiger partial charge >= 0.3 is 0 Å². The molecule has 0 bridgehead atoms. The minimum Gasteiger partial charge on any atom is -0.490 e. The third-order valence-electron chi connectivity index (χ3n) is 4.32. The van der Waals surface area contributed by atoms with E-state index in [0.29, 0.717) is 49.3 Å². The lowest BCUT2D eigenvalue weighted by molar-refractivity contribution is 0.269. The molecule has 3 aromatic carbocycles. The van der Waals surface area contributed by atoms with Gasteiger partial charge in [-0.15, -0.1) is 0 Å². The van der Waals surface area contributed by atoms with Gasteiger partial charge in [-0.05, 0) is 60.5 Å². The van der Waals surface area contributed by atoms with Gasteiger partial charge in [-0.2, -0.15) is 5.26 Å². The topological polar surface area (TPSA) is 42.2 Å². The molecule has 0 aliphatic heterocycles. The molecule has 0 saturated heterocycles. The summed E-state index contributed by atoms with van der Waals surface area (Å²) < 4.78 is 26.0. The largest absolute Gasteiger partial charge is 0.490 e. The second-order valence-corrected chi connectivity index (χ2v) is 8.16. The summed E-state index contributed by atoms with van der Waals surface area (Å²) in [5.41, 5.74) is 2.29. The van der Waals surface area contributed by atoms with Gasteiger partial charge in [0.15, 0.2) is 11.5 Å². The monoisotopic (exact) mass is 519 g/mol. The Hall–Kier alpha value is -2.52. The Bertz CT molecular complexity index is 1170. The summed E-state index contributed by atoms with van der Waals surface area (Å²) in [7, 11) is 0. The fourth-order valence-electron chi connectivity index (χ4n) is 2.83. The van der Waals surface area contributed by atoms with Gasteiger partial charge in [0.05, 0.1) is 18.2 Å². The number of ether oxygens (including phenoxy) is 2. The Morgan fingerprint density at radius 1 is 1.10 bits per heavy atom. The number of hydrogen-bond acceptors (Lipinski definition) is 3. The number of allylic oxidation sites excluding steroid dienone is 1. The lowest BCUT2D eigenvalue weighted by Gasteiger charge is -2.15. The Morgan fingerprint density at radius 3 is 2.55 bits per heavy atom. The van der Waals surface area contributed by atoms with Gasteiger partial charge in [0.1, 0.15) is 12.4 Å². The van der Waals surface area contributed by atoms with Crippen LogP contribution in [0, 0.1) is 17.1 Å². The minimum absolute atomic E-state index is 0.227. The zero-order chi connectivity index (χ0) is 22.4. The van der Waals surface area contributed by atoms with Crippen LogP contribution in [0.2, 0.25) is 10.0 Å². The lowest BCUT2D eigenvalue weighted by Crippen LogP contribution is -2.01. The highest BCUT2D eigenvalue weighted by Gasteiger charge is 2.13. The minimum atomic E-state index is -0.405. The zero-order valence-electron chi connectivity index (χ0n) is 16.5. The normalized spacial score (nSPS) is 11.2. The molecule has 0 aliphatic rings. The first kappa shape index (κ1) is 23.1. The van der Waals surface area contributed by atoms with Crippen LogP contribution in [0.15, 0.2) is 59.1 Å². The predicted molar refractivity (Wildman–Crippen MR) is 126 cm³/mol. The second-order valence-electron chi connectivity index (χ2n) is 6.46. The van der Waals surface area contributed by atoms with E-state index in [0.717, 1.165) is 5.56 Å². The van der Waals surface area contributed by atoms with E-state index in [1.54, 1.807) is 48.5 Å². The molecule has 0 amide bonds. The molecule has 3 nitrogen and oxygen atoms in total. The van der Waals surface area contributed by atoms with Crippen molar-refractivity contribution in [2.75, 3.05) is 6.61 Å². The summed E-state index contributed by atoms with van der Waals surface area (Å²) in [6.45, 7) is 2.52. The first-order chi connectivity index (χ1) is 14.9. The zero-order valence-corrected chi connectivity index (χ0v) is 19.6. The first-order valence-electron chi connectivity index (χ1n) is 9.32. The Labute approximate surface area is 198 Å². The van der Waals surface area contributed by atoms with Crippen molar-refractivity contribution >= 4 is 50.8 Å².